The van der Waals surface area contributed by atoms with Gasteiger partial charge in [0.05, 0.1) is 5.60 Å². The van der Waals surface area contributed by atoms with Crippen LogP contribution in [0.4, 0.5) is 0 Å². The molecular formula is C19H24O5. The molecule has 4 atom stereocenters. The van der Waals surface area contributed by atoms with Crippen molar-refractivity contribution >= 4 is 17.5 Å². The fourth-order valence-electron chi connectivity index (χ4n) is 3.88. The van der Waals surface area contributed by atoms with Crippen LogP contribution in [-0.2, 0) is 23.9 Å². The minimum Gasteiger partial charge on any atom is -0.455 e. The molecule has 0 N–H and O–H groups in total. The molecule has 0 aliphatic carbocycles. The Morgan fingerprint density at radius 3 is 2.75 bits per heavy atom. The van der Waals surface area contributed by atoms with E-state index in [1.54, 1.807) is 0 Å². The molecule has 0 aromatic heterocycles. The summed E-state index contributed by atoms with van der Waals surface area (Å²) in [5, 5.41) is 0. The number of carbonyl (C=O) groups excluding carboxylic acids is 3. The lowest BCUT2D eigenvalue weighted by atomic mass is 9.87. The zero-order valence-corrected chi connectivity index (χ0v) is 14.3. The average Bonchev–Trinajstić information content (AvgIpc) is 2.93. The first kappa shape index (κ1) is 17.1. The summed E-state index contributed by atoms with van der Waals surface area (Å²) in [4.78, 5) is 36.7. The van der Waals surface area contributed by atoms with E-state index in [9.17, 15) is 14.4 Å². The van der Waals surface area contributed by atoms with Gasteiger partial charge in [-0.25, -0.2) is 4.79 Å². The first-order valence-electron chi connectivity index (χ1n) is 8.55. The van der Waals surface area contributed by atoms with Crippen LogP contribution >= 0.6 is 0 Å². The Kier molecular flexibility index (Phi) is 4.47. The monoisotopic (exact) mass is 332 g/mol. The lowest BCUT2D eigenvalue weighted by Gasteiger charge is -2.26. The van der Waals surface area contributed by atoms with Crippen LogP contribution in [0.3, 0.4) is 0 Å². The molecule has 3 heterocycles. The maximum Gasteiger partial charge on any atom is 0.334 e. The summed E-state index contributed by atoms with van der Waals surface area (Å²) in [6, 6.07) is 0. The average molecular weight is 332 g/mol. The first-order valence-corrected chi connectivity index (χ1v) is 8.55. The zero-order chi connectivity index (χ0) is 17.5. The second-order valence-corrected chi connectivity index (χ2v) is 7.57. The Bertz CT molecular complexity index is 632. The van der Waals surface area contributed by atoms with E-state index in [1.807, 2.05) is 19.9 Å². The van der Waals surface area contributed by atoms with E-state index < -0.39 is 11.7 Å². The van der Waals surface area contributed by atoms with Crippen LogP contribution in [0, 0.1) is 5.92 Å². The van der Waals surface area contributed by atoms with Crippen LogP contribution in [0.2, 0.25) is 0 Å². The number of Topliss-reactive ketones (excluding diaryl/α,β-unsaturated/α-hetero) is 2. The molecule has 1 saturated heterocycles. The highest BCUT2D eigenvalue weighted by Crippen LogP contribution is 2.37. The molecule has 0 spiro atoms. The van der Waals surface area contributed by atoms with Gasteiger partial charge in [0.2, 0.25) is 0 Å². The van der Waals surface area contributed by atoms with E-state index >= 15 is 0 Å². The van der Waals surface area contributed by atoms with Crippen LogP contribution in [0.5, 0.6) is 0 Å². The van der Waals surface area contributed by atoms with Gasteiger partial charge in [0.1, 0.15) is 18.0 Å². The van der Waals surface area contributed by atoms with Crippen molar-refractivity contribution in [3.8, 4) is 0 Å². The topological polar surface area (TPSA) is 69.7 Å². The minimum absolute atomic E-state index is 0.00823. The molecule has 0 radical (unpaired) electrons. The third kappa shape index (κ3) is 3.51. The molecule has 0 aromatic rings. The number of rotatable bonds is 1. The molecule has 5 nitrogen and oxygen atoms in total. The van der Waals surface area contributed by atoms with Gasteiger partial charge < -0.3 is 9.47 Å². The lowest BCUT2D eigenvalue weighted by Crippen LogP contribution is -2.31. The number of allylic oxidation sites excluding steroid dienone is 1. The molecular weight excluding hydrogens is 308 g/mol. The number of fused-ring (bicyclic) bond motifs is 3. The SMILES string of the molecule is C=C(C)[C@@H]1CCC2=C[C@H](C[C@]3(C)CC(=O)[C@@H](CC(=O)C1)O3)OC2=O. The Balaban J connectivity index is 1.87. The summed E-state index contributed by atoms with van der Waals surface area (Å²) in [6.07, 6.45) is 3.26. The standard InChI is InChI=1S/C19H24O5/c1-11(2)12-4-5-13-7-15(23-18(13)22)9-19(3)10-16(21)17(24-19)8-14(20)6-12/h7,12,15,17H,1,4-6,8-10H2,2-3H3/t12-,15-,17-,19-/m1/s1. The third-order valence-corrected chi connectivity index (χ3v) is 5.22. The smallest absolute Gasteiger partial charge is 0.334 e. The quantitative estimate of drug-likeness (QED) is 0.545. The minimum atomic E-state index is -0.680. The van der Waals surface area contributed by atoms with E-state index in [2.05, 4.69) is 6.58 Å². The van der Waals surface area contributed by atoms with E-state index in [4.69, 9.17) is 9.47 Å². The van der Waals surface area contributed by atoms with Crippen LogP contribution in [0.15, 0.2) is 23.8 Å². The predicted octanol–water partition coefficient (Wildman–Crippen LogP) is 2.68. The normalized spacial score (nSPS) is 37.2. The highest BCUT2D eigenvalue weighted by Gasteiger charge is 2.45. The van der Waals surface area contributed by atoms with Crippen molar-refractivity contribution in [3.63, 3.8) is 0 Å². The maximum atomic E-state index is 12.4. The maximum absolute atomic E-state index is 12.4. The summed E-state index contributed by atoms with van der Waals surface area (Å²) in [5.74, 6) is -0.308. The van der Waals surface area contributed by atoms with Gasteiger partial charge in [-0.3, -0.25) is 9.59 Å². The van der Waals surface area contributed by atoms with Gasteiger partial charge in [-0.2, -0.15) is 0 Å². The molecule has 0 saturated carbocycles. The summed E-state index contributed by atoms with van der Waals surface area (Å²) in [6.45, 7) is 7.72. The van der Waals surface area contributed by atoms with Gasteiger partial charge in [0, 0.05) is 31.3 Å². The lowest BCUT2D eigenvalue weighted by molar-refractivity contribution is -0.143. The van der Waals surface area contributed by atoms with Crippen LogP contribution in [-0.4, -0.2) is 35.3 Å². The number of ether oxygens (including phenoxy) is 2. The Hall–Kier alpha value is -1.75. The van der Waals surface area contributed by atoms with Crippen molar-refractivity contribution in [2.75, 3.05) is 0 Å². The van der Waals surface area contributed by atoms with Crippen LogP contribution < -0.4 is 0 Å². The van der Waals surface area contributed by atoms with Gasteiger partial charge >= 0.3 is 5.97 Å². The van der Waals surface area contributed by atoms with Crippen molar-refractivity contribution in [1.82, 2.24) is 0 Å². The van der Waals surface area contributed by atoms with Crippen LogP contribution in [0.1, 0.15) is 52.4 Å². The highest BCUT2D eigenvalue weighted by atomic mass is 16.6. The number of ketones is 2. The number of hydrogen-bond donors (Lipinski definition) is 0. The van der Waals surface area contributed by atoms with Crippen molar-refractivity contribution in [1.29, 1.82) is 0 Å². The van der Waals surface area contributed by atoms with E-state index in [1.165, 1.54) is 0 Å². The Morgan fingerprint density at radius 1 is 1.29 bits per heavy atom. The molecule has 3 rings (SSSR count). The Labute approximate surface area is 142 Å². The van der Waals surface area contributed by atoms with Gasteiger partial charge in [0.15, 0.2) is 5.78 Å². The van der Waals surface area contributed by atoms with E-state index in [0.29, 0.717) is 31.3 Å². The van der Waals surface area contributed by atoms with Crippen molar-refractivity contribution in [3.05, 3.63) is 23.8 Å². The number of esters is 1. The Morgan fingerprint density at radius 2 is 2.04 bits per heavy atom. The second kappa shape index (κ2) is 6.28. The van der Waals surface area contributed by atoms with Crippen molar-refractivity contribution in [2.45, 2.75) is 70.2 Å². The van der Waals surface area contributed by atoms with Crippen LogP contribution in [0.25, 0.3) is 0 Å². The van der Waals surface area contributed by atoms with Gasteiger partial charge in [-0.05, 0) is 38.7 Å². The summed E-state index contributed by atoms with van der Waals surface area (Å²) in [7, 11) is 0. The zero-order valence-electron chi connectivity index (χ0n) is 14.3. The number of hydrogen-bond acceptors (Lipinski definition) is 5. The molecule has 4 bridgehead atoms. The molecule has 24 heavy (non-hydrogen) atoms. The molecule has 130 valence electrons. The summed E-state index contributed by atoms with van der Waals surface area (Å²) in [5.41, 5.74) is 0.897. The van der Waals surface area contributed by atoms with Gasteiger partial charge in [-0.1, -0.05) is 12.2 Å². The van der Waals surface area contributed by atoms with E-state index in [0.717, 1.165) is 5.57 Å². The van der Waals surface area contributed by atoms with E-state index in [-0.39, 0.29) is 42.4 Å². The highest BCUT2D eigenvalue weighted by molar-refractivity contribution is 5.92. The predicted molar refractivity (Wildman–Crippen MR) is 87.3 cm³/mol. The molecule has 5 heteroatoms. The molecule has 3 aliphatic heterocycles. The molecule has 0 unspecified atom stereocenters. The fraction of sp³-hybridized carbons (Fsp3) is 0.632. The first-order chi connectivity index (χ1) is 11.3. The largest absolute Gasteiger partial charge is 0.455 e. The van der Waals surface area contributed by atoms with Gasteiger partial charge in [-0.15, -0.1) is 0 Å². The van der Waals surface area contributed by atoms with Crippen molar-refractivity contribution in [2.24, 2.45) is 5.92 Å². The summed E-state index contributed by atoms with van der Waals surface area (Å²) >= 11 is 0. The summed E-state index contributed by atoms with van der Waals surface area (Å²) < 4.78 is 11.3. The third-order valence-electron chi connectivity index (χ3n) is 5.22. The van der Waals surface area contributed by atoms with Crippen molar-refractivity contribution < 1.29 is 23.9 Å². The second-order valence-electron chi connectivity index (χ2n) is 7.57. The fourth-order valence-corrected chi connectivity index (χ4v) is 3.88. The molecule has 1 fully saturated rings. The molecule has 3 aliphatic rings. The molecule has 0 aromatic carbocycles. The number of carbonyl (C=O) groups is 3. The van der Waals surface area contributed by atoms with Gasteiger partial charge in [0.25, 0.3) is 0 Å². The molecule has 0 amide bonds.